The lowest BCUT2D eigenvalue weighted by molar-refractivity contribution is 0.0714. The van der Waals surface area contributed by atoms with Crippen LogP contribution in [0.5, 0.6) is 0 Å². The molecule has 1 aliphatic carbocycles. The maximum Gasteiger partial charge on any atom is 0.253 e. The lowest BCUT2D eigenvalue weighted by atomic mass is 9.82. The lowest BCUT2D eigenvalue weighted by Crippen LogP contribution is -2.34. The molecule has 1 aliphatic heterocycles. The molecule has 24 heavy (non-hydrogen) atoms. The van der Waals surface area contributed by atoms with Gasteiger partial charge in [-0.3, -0.25) is 4.79 Å². The van der Waals surface area contributed by atoms with E-state index in [1.165, 1.54) is 6.42 Å². The van der Waals surface area contributed by atoms with Crippen molar-refractivity contribution in [1.82, 2.24) is 4.90 Å². The van der Waals surface area contributed by atoms with Crippen molar-refractivity contribution in [2.75, 3.05) is 19.7 Å². The molecular weight excluding hydrogens is 302 g/mol. The van der Waals surface area contributed by atoms with E-state index >= 15 is 0 Å². The number of hydrogen-bond donors (Lipinski definition) is 2. The number of aryl methyl sites for hydroxylation is 1. The van der Waals surface area contributed by atoms with Crippen molar-refractivity contribution in [3.63, 3.8) is 0 Å². The lowest BCUT2D eigenvalue weighted by Gasteiger charge is -2.26. The zero-order valence-corrected chi connectivity index (χ0v) is 14.8. The van der Waals surface area contributed by atoms with Crippen LogP contribution in [0.25, 0.3) is 0 Å². The van der Waals surface area contributed by atoms with Crippen LogP contribution in [0.1, 0.15) is 55.5 Å². The van der Waals surface area contributed by atoms with Crippen LogP contribution in [0.2, 0.25) is 0 Å². The SMILES string of the molecule is CC(C)(O)CCc1cccc(C(=O)N2C[C@@H]3CCC[C@]3(CO)C2)c1. The molecule has 132 valence electrons. The minimum absolute atomic E-state index is 0.0613. The number of carbonyl (C=O) groups excluding carboxylic acids is 1. The Kier molecular flexibility index (Phi) is 4.71. The van der Waals surface area contributed by atoms with Crippen molar-refractivity contribution >= 4 is 5.91 Å². The number of aliphatic hydroxyl groups excluding tert-OH is 1. The van der Waals surface area contributed by atoms with E-state index in [9.17, 15) is 15.0 Å². The second-order valence-corrected chi connectivity index (χ2v) is 8.31. The second kappa shape index (κ2) is 6.49. The summed E-state index contributed by atoms with van der Waals surface area (Å²) in [4.78, 5) is 14.8. The predicted molar refractivity (Wildman–Crippen MR) is 93.8 cm³/mol. The predicted octanol–water partition coefficient (Wildman–Crippen LogP) is 2.62. The topological polar surface area (TPSA) is 60.8 Å². The minimum Gasteiger partial charge on any atom is -0.396 e. The fraction of sp³-hybridized carbons (Fsp3) is 0.650. The largest absolute Gasteiger partial charge is 0.396 e. The van der Waals surface area contributed by atoms with Crippen LogP contribution >= 0.6 is 0 Å². The molecule has 0 unspecified atom stereocenters. The van der Waals surface area contributed by atoms with Gasteiger partial charge in [-0.05, 0) is 63.1 Å². The maximum absolute atomic E-state index is 12.9. The smallest absolute Gasteiger partial charge is 0.253 e. The van der Waals surface area contributed by atoms with E-state index in [4.69, 9.17) is 0 Å². The summed E-state index contributed by atoms with van der Waals surface area (Å²) in [7, 11) is 0. The van der Waals surface area contributed by atoms with Crippen LogP contribution in [-0.4, -0.2) is 46.3 Å². The van der Waals surface area contributed by atoms with Crippen LogP contribution in [0, 0.1) is 11.3 Å². The summed E-state index contributed by atoms with van der Waals surface area (Å²) in [5.74, 6) is 0.521. The highest BCUT2D eigenvalue weighted by Gasteiger charge is 2.50. The molecule has 4 heteroatoms. The number of nitrogens with zero attached hydrogens (tertiary/aromatic N) is 1. The summed E-state index contributed by atoms with van der Waals surface area (Å²) in [6, 6.07) is 7.76. The van der Waals surface area contributed by atoms with Gasteiger partial charge in [0.2, 0.25) is 0 Å². The van der Waals surface area contributed by atoms with Crippen molar-refractivity contribution in [2.45, 2.75) is 51.6 Å². The third kappa shape index (κ3) is 3.50. The van der Waals surface area contributed by atoms with Gasteiger partial charge in [-0.25, -0.2) is 0 Å². The molecule has 1 aromatic rings. The molecule has 2 fully saturated rings. The highest BCUT2D eigenvalue weighted by atomic mass is 16.3. The van der Waals surface area contributed by atoms with Gasteiger partial charge in [0, 0.05) is 24.1 Å². The first-order valence-corrected chi connectivity index (χ1v) is 9.04. The van der Waals surface area contributed by atoms with Crippen LogP contribution in [-0.2, 0) is 6.42 Å². The molecular formula is C20H29NO3. The van der Waals surface area contributed by atoms with Crippen molar-refractivity contribution in [3.8, 4) is 0 Å². The van der Waals surface area contributed by atoms with Gasteiger partial charge >= 0.3 is 0 Å². The van der Waals surface area contributed by atoms with Gasteiger partial charge in [-0.2, -0.15) is 0 Å². The third-order valence-corrected chi connectivity index (χ3v) is 5.84. The molecule has 0 radical (unpaired) electrons. The average molecular weight is 331 g/mol. The Bertz CT molecular complexity index is 607. The van der Waals surface area contributed by atoms with Gasteiger partial charge in [0.15, 0.2) is 0 Å². The summed E-state index contributed by atoms with van der Waals surface area (Å²) in [6.07, 6.45) is 4.75. The highest BCUT2D eigenvalue weighted by molar-refractivity contribution is 5.94. The van der Waals surface area contributed by atoms with Crippen molar-refractivity contribution in [3.05, 3.63) is 35.4 Å². The Morgan fingerprint density at radius 1 is 1.42 bits per heavy atom. The van der Waals surface area contributed by atoms with E-state index in [1.807, 2.05) is 29.2 Å². The number of hydrogen-bond acceptors (Lipinski definition) is 3. The van der Waals surface area contributed by atoms with Gasteiger partial charge < -0.3 is 15.1 Å². The van der Waals surface area contributed by atoms with Gasteiger partial charge in [-0.1, -0.05) is 18.6 Å². The van der Waals surface area contributed by atoms with Gasteiger partial charge in [0.1, 0.15) is 0 Å². The molecule has 0 spiro atoms. The average Bonchev–Trinajstić information content (AvgIpc) is 3.09. The number of carbonyl (C=O) groups is 1. The molecule has 1 saturated heterocycles. The normalized spacial score (nSPS) is 26.7. The summed E-state index contributed by atoms with van der Waals surface area (Å²) in [6.45, 7) is 5.25. The van der Waals surface area contributed by atoms with Gasteiger partial charge in [-0.15, -0.1) is 0 Å². The van der Waals surface area contributed by atoms with Gasteiger partial charge in [0.05, 0.1) is 12.2 Å². The quantitative estimate of drug-likeness (QED) is 0.872. The Morgan fingerprint density at radius 3 is 2.88 bits per heavy atom. The molecule has 2 aliphatic rings. The molecule has 1 heterocycles. The fourth-order valence-electron chi connectivity index (χ4n) is 4.32. The summed E-state index contributed by atoms with van der Waals surface area (Å²) < 4.78 is 0. The highest BCUT2D eigenvalue weighted by Crippen LogP contribution is 2.48. The molecule has 4 nitrogen and oxygen atoms in total. The van der Waals surface area contributed by atoms with E-state index in [2.05, 4.69) is 0 Å². The third-order valence-electron chi connectivity index (χ3n) is 5.84. The van der Waals surface area contributed by atoms with E-state index in [0.717, 1.165) is 36.9 Å². The minimum atomic E-state index is -0.695. The van der Waals surface area contributed by atoms with E-state index in [0.29, 0.717) is 18.9 Å². The second-order valence-electron chi connectivity index (χ2n) is 8.31. The van der Waals surface area contributed by atoms with Crippen molar-refractivity contribution < 1.29 is 15.0 Å². The number of benzene rings is 1. The van der Waals surface area contributed by atoms with Crippen LogP contribution < -0.4 is 0 Å². The summed E-state index contributed by atoms with van der Waals surface area (Å²) in [5, 5.41) is 19.7. The summed E-state index contributed by atoms with van der Waals surface area (Å²) >= 11 is 0. The zero-order chi connectivity index (χ0) is 17.4. The van der Waals surface area contributed by atoms with E-state index in [-0.39, 0.29) is 17.9 Å². The number of fused-ring (bicyclic) bond motifs is 1. The first-order chi connectivity index (χ1) is 11.3. The van der Waals surface area contributed by atoms with Crippen LogP contribution in [0.15, 0.2) is 24.3 Å². The molecule has 2 N–H and O–H groups in total. The van der Waals surface area contributed by atoms with Crippen LogP contribution in [0.3, 0.4) is 0 Å². The Morgan fingerprint density at radius 2 is 2.21 bits per heavy atom. The van der Waals surface area contributed by atoms with E-state index < -0.39 is 5.60 Å². The Labute approximate surface area is 144 Å². The monoisotopic (exact) mass is 331 g/mol. The van der Waals surface area contributed by atoms with Gasteiger partial charge in [0.25, 0.3) is 5.91 Å². The Hall–Kier alpha value is -1.39. The summed E-state index contributed by atoms with van der Waals surface area (Å²) in [5.41, 5.74) is 1.05. The fourth-order valence-corrected chi connectivity index (χ4v) is 4.32. The molecule has 0 bridgehead atoms. The first-order valence-electron chi connectivity index (χ1n) is 9.04. The van der Waals surface area contributed by atoms with Crippen molar-refractivity contribution in [2.24, 2.45) is 11.3 Å². The molecule has 1 aromatic carbocycles. The standard InChI is InChI=1S/C20H29NO3/c1-19(2,24)10-8-15-5-3-6-16(11-15)18(23)21-12-17-7-4-9-20(17,13-21)14-22/h3,5-6,11,17,22,24H,4,7-10,12-14H2,1-2H3/t17-,20+/m0/s1. The maximum atomic E-state index is 12.9. The molecule has 3 rings (SSSR count). The molecule has 2 atom stereocenters. The number of amides is 1. The Balaban J connectivity index is 1.70. The molecule has 1 saturated carbocycles. The van der Waals surface area contributed by atoms with E-state index in [1.54, 1.807) is 13.8 Å². The molecule has 1 amide bonds. The van der Waals surface area contributed by atoms with Crippen LogP contribution in [0.4, 0.5) is 0 Å². The molecule has 0 aromatic heterocycles. The zero-order valence-electron chi connectivity index (χ0n) is 14.8. The van der Waals surface area contributed by atoms with Crippen molar-refractivity contribution in [1.29, 1.82) is 0 Å². The number of aliphatic hydroxyl groups is 2. The number of likely N-dealkylation sites (tertiary alicyclic amines) is 1. The number of rotatable bonds is 5. The first kappa shape index (κ1) is 17.4.